The Bertz CT molecular complexity index is 635. The summed E-state index contributed by atoms with van der Waals surface area (Å²) in [7, 11) is 0. The summed E-state index contributed by atoms with van der Waals surface area (Å²) < 4.78 is 5.48. The van der Waals surface area contributed by atoms with E-state index in [1.54, 1.807) is 35.5 Å². The van der Waals surface area contributed by atoms with E-state index in [2.05, 4.69) is 4.98 Å². The van der Waals surface area contributed by atoms with Crippen molar-refractivity contribution < 1.29 is 9.53 Å². The van der Waals surface area contributed by atoms with Gasteiger partial charge in [-0.05, 0) is 42.8 Å². The highest BCUT2D eigenvalue weighted by molar-refractivity contribution is 6.35. The van der Waals surface area contributed by atoms with Gasteiger partial charge in [0.25, 0.3) is 5.91 Å². The molecule has 1 amide bonds. The zero-order valence-electron chi connectivity index (χ0n) is 12.1. The molecule has 0 N–H and O–H groups in total. The molecule has 0 saturated heterocycles. The Morgan fingerprint density at radius 2 is 1.95 bits per heavy atom. The van der Waals surface area contributed by atoms with Crippen LogP contribution < -0.4 is 4.74 Å². The first-order valence-corrected chi connectivity index (χ1v) is 7.60. The number of carbonyl (C=O) groups excluding carboxylic acids is 1. The molecule has 0 radical (unpaired) electrons. The first kappa shape index (κ1) is 16.6. The first-order chi connectivity index (χ1) is 10.6. The predicted octanol–water partition coefficient (Wildman–Crippen LogP) is 3.82. The van der Waals surface area contributed by atoms with Crippen LogP contribution >= 0.6 is 23.2 Å². The molecule has 0 aliphatic rings. The number of hydrogen-bond acceptors (Lipinski definition) is 3. The van der Waals surface area contributed by atoms with Gasteiger partial charge in [0.15, 0.2) is 6.61 Å². The summed E-state index contributed by atoms with van der Waals surface area (Å²) >= 11 is 11.8. The van der Waals surface area contributed by atoms with Crippen molar-refractivity contribution in [2.24, 2.45) is 0 Å². The van der Waals surface area contributed by atoms with E-state index in [4.69, 9.17) is 27.9 Å². The number of likely N-dealkylation sites (N-methyl/N-ethyl adjacent to an activating group) is 1. The van der Waals surface area contributed by atoms with Crippen LogP contribution in [0.3, 0.4) is 0 Å². The van der Waals surface area contributed by atoms with Gasteiger partial charge in [-0.25, -0.2) is 0 Å². The molecule has 0 atom stereocenters. The van der Waals surface area contributed by atoms with Crippen molar-refractivity contribution in [2.45, 2.75) is 13.5 Å². The topological polar surface area (TPSA) is 42.4 Å². The van der Waals surface area contributed by atoms with Crippen LogP contribution in [0.4, 0.5) is 0 Å². The summed E-state index contributed by atoms with van der Waals surface area (Å²) in [4.78, 5) is 17.9. The number of hydrogen-bond donors (Lipinski definition) is 0. The quantitative estimate of drug-likeness (QED) is 0.804. The molecule has 0 spiro atoms. The second-order valence-corrected chi connectivity index (χ2v) is 5.47. The summed E-state index contributed by atoms with van der Waals surface area (Å²) in [5, 5.41) is 0.911. The van der Waals surface area contributed by atoms with Gasteiger partial charge in [0.1, 0.15) is 5.75 Å². The minimum atomic E-state index is -0.106. The van der Waals surface area contributed by atoms with E-state index in [-0.39, 0.29) is 12.5 Å². The number of pyridine rings is 1. The van der Waals surface area contributed by atoms with E-state index in [1.807, 2.05) is 19.1 Å². The van der Waals surface area contributed by atoms with Crippen molar-refractivity contribution in [1.29, 1.82) is 0 Å². The Morgan fingerprint density at radius 3 is 2.59 bits per heavy atom. The molecule has 0 bridgehead atoms. The van der Waals surface area contributed by atoms with Gasteiger partial charge in [-0.15, -0.1) is 0 Å². The van der Waals surface area contributed by atoms with E-state index in [9.17, 15) is 4.79 Å². The Balaban J connectivity index is 1.94. The molecule has 1 heterocycles. The van der Waals surface area contributed by atoms with Crippen molar-refractivity contribution in [3.8, 4) is 5.75 Å². The third kappa shape index (κ3) is 4.61. The lowest BCUT2D eigenvalue weighted by Crippen LogP contribution is -2.34. The Morgan fingerprint density at radius 1 is 1.23 bits per heavy atom. The average Bonchev–Trinajstić information content (AvgIpc) is 2.52. The molecule has 22 heavy (non-hydrogen) atoms. The molecule has 1 aromatic carbocycles. The van der Waals surface area contributed by atoms with E-state index in [1.165, 1.54) is 0 Å². The van der Waals surface area contributed by atoms with Gasteiger partial charge in [0.05, 0.1) is 5.02 Å². The van der Waals surface area contributed by atoms with Gasteiger partial charge in [0.2, 0.25) is 0 Å². The van der Waals surface area contributed by atoms with Crippen LogP contribution in [-0.4, -0.2) is 28.9 Å². The molecule has 2 aromatic rings. The van der Waals surface area contributed by atoms with E-state index in [0.717, 1.165) is 5.56 Å². The number of aromatic nitrogens is 1. The summed E-state index contributed by atoms with van der Waals surface area (Å²) in [6.45, 7) is 2.98. The molecule has 0 aliphatic heterocycles. The first-order valence-electron chi connectivity index (χ1n) is 6.84. The molecule has 0 saturated carbocycles. The van der Waals surface area contributed by atoms with Gasteiger partial charge in [0, 0.05) is 30.5 Å². The molecule has 0 aliphatic carbocycles. The number of amides is 1. The lowest BCUT2D eigenvalue weighted by molar-refractivity contribution is -0.133. The fraction of sp³-hybridized carbons (Fsp3) is 0.250. The van der Waals surface area contributed by atoms with Gasteiger partial charge in [-0.1, -0.05) is 23.2 Å². The standard InChI is InChI=1S/C16H16Cl2N2O2/c1-2-20(10-12-5-7-19-8-6-12)16(21)11-22-15-4-3-13(17)9-14(15)18/h3-9H,2,10-11H2,1H3. The van der Waals surface area contributed by atoms with Crippen LogP contribution in [0, 0.1) is 0 Å². The summed E-state index contributed by atoms with van der Waals surface area (Å²) in [5.74, 6) is 0.338. The number of carbonyl (C=O) groups is 1. The monoisotopic (exact) mass is 338 g/mol. The van der Waals surface area contributed by atoms with E-state index in [0.29, 0.717) is 28.9 Å². The molecular weight excluding hydrogens is 323 g/mol. The molecule has 4 nitrogen and oxygen atoms in total. The zero-order chi connectivity index (χ0) is 15.9. The van der Waals surface area contributed by atoms with E-state index < -0.39 is 0 Å². The van der Waals surface area contributed by atoms with Crippen molar-refractivity contribution in [2.75, 3.05) is 13.2 Å². The van der Waals surface area contributed by atoms with Crippen molar-refractivity contribution >= 4 is 29.1 Å². The molecule has 2 rings (SSSR count). The molecular formula is C16H16Cl2N2O2. The maximum Gasteiger partial charge on any atom is 0.260 e. The van der Waals surface area contributed by atoms with Crippen LogP contribution in [0.25, 0.3) is 0 Å². The fourth-order valence-electron chi connectivity index (χ4n) is 1.91. The second kappa shape index (κ2) is 8.01. The summed E-state index contributed by atoms with van der Waals surface area (Å²) in [5.41, 5.74) is 1.02. The van der Waals surface area contributed by atoms with Crippen LogP contribution in [-0.2, 0) is 11.3 Å². The fourth-order valence-corrected chi connectivity index (χ4v) is 2.37. The minimum absolute atomic E-state index is 0.0692. The number of benzene rings is 1. The minimum Gasteiger partial charge on any atom is -0.482 e. The number of halogens is 2. The molecule has 0 fully saturated rings. The second-order valence-electron chi connectivity index (χ2n) is 4.63. The zero-order valence-corrected chi connectivity index (χ0v) is 13.6. The number of nitrogens with zero attached hydrogens (tertiary/aromatic N) is 2. The third-order valence-electron chi connectivity index (χ3n) is 3.10. The van der Waals surface area contributed by atoms with Crippen LogP contribution in [0.2, 0.25) is 10.0 Å². The molecule has 116 valence electrons. The molecule has 1 aromatic heterocycles. The van der Waals surface area contributed by atoms with Crippen LogP contribution in [0.15, 0.2) is 42.7 Å². The predicted molar refractivity (Wildman–Crippen MR) is 87.3 cm³/mol. The average molecular weight is 339 g/mol. The smallest absolute Gasteiger partial charge is 0.260 e. The number of ether oxygens (including phenoxy) is 1. The van der Waals surface area contributed by atoms with Crippen molar-refractivity contribution in [1.82, 2.24) is 9.88 Å². The van der Waals surface area contributed by atoms with Crippen LogP contribution in [0.5, 0.6) is 5.75 Å². The third-order valence-corrected chi connectivity index (χ3v) is 3.63. The lowest BCUT2D eigenvalue weighted by atomic mass is 10.2. The summed E-state index contributed by atoms with van der Waals surface area (Å²) in [6, 6.07) is 8.66. The number of rotatable bonds is 6. The molecule has 0 unspecified atom stereocenters. The van der Waals surface area contributed by atoms with Crippen molar-refractivity contribution in [3.63, 3.8) is 0 Å². The highest BCUT2D eigenvalue weighted by atomic mass is 35.5. The Labute approximate surface area is 139 Å². The van der Waals surface area contributed by atoms with Crippen molar-refractivity contribution in [3.05, 3.63) is 58.3 Å². The molecule has 6 heteroatoms. The normalized spacial score (nSPS) is 10.3. The van der Waals surface area contributed by atoms with Gasteiger partial charge in [-0.2, -0.15) is 0 Å². The van der Waals surface area contributed by atoms with Gasteiger partial charge >= 0.3 is 0 Å². The SMILES string of the molecule is CCN(Cc1ccncc1)C(=O)COc1ccc(Cl)cc1Cl. The highest BCUT2D eigenvalue weighted by Gasteiger charge is 2.14. The van der Waals surface area contributed by atoms with Crippen LogP contribution in [0.1, 0.15) is 12.5 Å². The van der Waals surface area contributed by atoms with Gasteiger partial charge < -0.3 is 9.64 Å². The largest absolute Gasteiger partial charge is 0.482 e. The van der Waals surface area contributed by atoms with E-state index >= 15 is 0 Å². The summed E-state index contributed by atoms with van der Waals surface area (Å²) in [6.07, 6.45) is 3.41. The highest BCUT2D eigenvalue weighted by Crippen LogP contribution is 2.27. The maximum atomic E-state index is 12.2. The Hall–Kier alpha value is -1.78. The van der Waals surface area contributed by atoms with Gasteiger partial charge in [-0.3, -0.25) is 9.78 Å². The maximum absolute atomic E-state index is 12.2. The Kier molecular flexibility index (Phi) is 6.04. The lowest BCUT2D eigenvalue weighted by Gasteiger charge is -2.21.